The molecule has 2 aromatic heterocycles. The van der Waals surface area contributed by atoms with E-state index in [0.29, 0.717) is 11.2 Å². The first kappa shape index (κ1) is 16.6. The van der Waals surface area contributed by atoms with E-state index in [9.17, 15) is 9.90 Å². The Balaban J connectivity index is 1.83. The smallest absolute Gasteiger partial charge is 0.413 e. The van der Waals surface area contributed by atoms with Crippen molar-refractivity contribution in [3.8, 4) is 0 Å². The van der Waals surface area contributed by atoms with E-state index < -0.39 is 11.7 Å². The number of ether oxygens (including phenoxy) is 2. The van der Waals surface area contributed by atoms with Gasteiger partial charge in [0, 0.05) is 0 Å². The van der Waals surface area contributed by atoms with Gasteiger partial charge in [0.25, 0.3) is 0 Å². The summed E-state index contributed by atoms with van der Waals surface area (Å²) in [5.41, 5.74) is 0.408. The number of nitrogens with zero attached hydrogens (tertiary/aromatic N) is 4. The third-order valence-electron chi connectivity index (χ3n) is 3.58. The van der Waals surface area contributed by atoms with Gasteiger partial charge in [0.05, 0.1) is 19.0 Å². The third-order valence-corrected chi connectivity index (χ3v) is 3.58. The number of nitrogens with one attached hydrogen (secondary N) is 1. The molecule has 9 nitrogen and oxygen atoms in total. The summed E-state index contributed by atoms with van der Waals surface area (Å²) in [4.78, 5) is 24.5. The van der Waals surface area contributed by atoms with Crippen LogP contribution < -0.4 is 5.32 Å². The summed E-state index contributed by atoms with van der Waals surface area (Å²) >= 11 is 0. The average molecular weight is 335 g/mol. The quantitative estimate of drug-likeness (QED) is 0.880. The molecule has 1 saturated heterocycles. The average Bonchev–Trinajstić information content (AvgIpc) is 3.11. The molecule has 0 radical (unpaired) electrons. The summed E-state index contributed by atoms with van der Waals surface area (Å²) in [5.74, 6) is 0.282. The standard InChI is InChI=1S/C15H21N5O4/c1-15(2,3)24-14(22)19-12-11-13(17-7-16-12)20(8-18-11)10-5-4-9(6-21)23-10/h7-10,21H,4-6H2,1-3H3,(H,16,17,19,22). The third kappa shape index (κ3) is 3.46. The lowest BCUT2D eigenvalue weighted by atomic mass is 10.2. The van der Waals surface area contributed by atoms with E-state index in [1.165, 1.54) is 6.33 Å². The van der Waals surface area contributed by atoms with Crippen molar-refractivity contribution in [3.63, 3.8) is 0 Å². The summed E-state index contributed by atoms with van der Waals surface area (Å²) in [5, 5.41) is 11.8. The van der Waals surface area contributed by atoms with Crippen LogP contribution in [0.3, 0.4) is 0 Å². The largest absolute Gasteiger partial charge is 0.444 e. The van der Waals surface area contributed by atoms with Gasteiger partial charge in [-0.15, -0.1) is 0 Å². The summed E-state index contributed by atoms with van der Waals surface area (Å²) in [7, 11) is 0. The van der Waals surface area contributed by atoms with Crippen LogP contribution in [0, 0.1) is 0 Å². The maximum Gasteiger partial charge on any atom is 0.413 e. The molecule has 1 fully saturated rings. The van der Waals surface area contributed by atoms with Crippen molar-refractivity contribution in [2.24, 2.45) is 0 Å². The molecule has 2 atom stereocenters. The summed E-state index contributed by atoms with van der Waals surface area (Å²) in [6.45, 7) is 5.34. The van der Waals surface area contributed by atoms with E-state index in [1.807, 2.05) is 0 Å². The minimum absolute atomic E-state index is 0.0104. The Morgan fingerprint density at radius 3 is 2.88 bits per heavy atom. The van der Waals surface area contributed by atoms with Gasteiger partial charge in [0.15, 0.2) is 17.0 Å². The molecule has 2 N–H and O–H groups in total. The van der Waals surface area contributed by atoms with Gasteiger partial charge in [-0.25, -0.2) is 19.7 Å². The summed E-state index contributed by atoms with van der Waals surface area (Å²) < 4.78 is 12.8. The highest BCUT2D eigenvalue weighted by Crippen LogP contribution is 2.31. The van der Waals surface area contributed by atoms with Crippen LogP contribution in [0.2, 0.25) is 0 Å². The van der Waals surface area contributed by atoms with E-state index in [1.54, 1.807) is 31.7 Å². The molecule has 0 spiro atoms. The summed E-state index contributed by atoms with van der Waals surface area (Å²) in [6, 6.07) is 0. The number of rotatable bonds is 3. The maximum absolute atomic E-state index is 11.9. The molecular weight excluding hydrogens is 314 g/mol. The molecule has 24 heavy (non-hydrogen) atoms. The number of hydrogen-bond donors (Lipinski definition) is 2. The van der Waals surface area contributed by atoms with Crippen molar-refractivity contribution in [3.05, 3.63) is 12.7 Å². The van der Waals surface area contributed by atoms with Crippen LogP contribution >= 0.6 is 0 Å². The highest BCUT2D eigenvalue weighted by atomic mass is 16.6. The Morgan fingerprint density at radius 2 is 2.21 bits per heavy atom. The van der Waals surface area contributed by atoms with Gasteiger partial charge >= 0.3 is 6.09 Å². The van der Waals surface area contributed by atoms with Crippen molar-refractivity contribution < 1.29 is 19.4 Å². The highest BCUT2D eigenvalue weighted by molar-refractivity contribution is 5.93. The molecule has 1 amide bonds. The predicted octanol–water partition coefficient (Wildman–Crippen LogP) is 1.84. The molecule has 130 valence electrons. The van der Waals surface area contributed by atoms with Gasteiger partial charge < -0.3 is 14.6 Å². The molecule has 3 heterocycles. The Hall–Kier alpha value is -2.26. The molecule has 2 aromatic rings. The molecule has 0 bridgehead atoms. The molecule has 2 unspecified atom stereocenters. The van der Waals surface area contributed by atoms with Gasteiger partial charge in [-0.3, -0.25) is 9.88 Å². The Labute approximate surface area is 139 Å². The lowest BCUT2D eigenvalue weighted by Gasteiger charge is -2.19. The number of hydrogen-bond acceptors (Lipinski definition) is 7. The zero-order valence-electron chi connectivity index (χ0n) is 13.9. The molecule has 0 aromatic carbocycles. The van der Waals surface area contributed by atoms with Gasteiger partial charge in [-0.05, 0) is 33.6 Å². The Bertz CT molecular complexity index is 739. The minimum atomic E-state index is -0.605. The number of aliphatic hydroxyl groups excluding tert-OH is 1. The van der Waals surface area contributed by atoms with Gasteiger partial charge in [0.1, 0.15) is 18.2 Å². The van der Waals surface area contributed by atoms with Crippen LogP contribution in [0.1, 0.15) is 39.8 Å². The van der Waals surface area contributed by atoms with E-state index in [-0.39, 0.29) is 24.8 Å². The van der Waals surface area contributed by atoms with Crippen LogP contribution in [0.25, 0.3) is 11.2 Å². The number of carbonyl (C=O) groups is 1. The number of amides is 1. The molecule has 3 rings (SSSR count). The molecule has 1 aliphatic heterocycles. The van der Waals surface area contributed by atoms with E-state index in [0.717, 1.165) is 12.8 Å². The van der Waals surface area contributed by atoms with Crippen LogP contribution in [-0.4, -0.2) is 49.0 Å². The normalized spacial score (nSPS) is 21.2. The van der Waals surface area contributed by atoms with Crippen LogP contribution in [0.15, 0.2) is 12.7 Å². The van der Waals surface area contributed by atoms with Gasteiger partial charge in [0.2, 0.25) is 0 Å². The maximum atomic E-state index is 11.9. The minimum Gasteiger partial charge on any atom is -0.444 e. The predicted molar refractivity (Wildman–Crippen MR) is 85.4 cm³/mol. The fourth-order valence-electron chi connectivity index (χ4n) is 2.58. The zero-order valence-corrected chi connectivity index (χ0v) is 13.9. The van der Waals surface area contributed by atoms with Gasteiger partial charge in [-0.1, -0.05) is 0 Å². The van der Waals surface area contributed by atoms with Crippen LogP contribution in [-0.2, 0) is 9.47 Å². The first-order chi connectivity index (χ1) is 11.4. The van der Waals surface area contributed by atoms with Crippen LogP contribution in [0.5, 0.6) is 0 Å². The van der Waals surface area contributed by atoms with Crippen molar-refractivity contribution >= 4 is 23.1 Å². The van der Waals surface area contributed by atoms with Crippen molar-refractivity contribution in [1.82, 2.24) is 19.5 Å². The van der Waals surface area contributed by atoms with E-state index in [2.05, 4.69) is 20.3 Å². The van der Waals surface area contributed by atoms with Crippen molar-refractivity contribution in [2.75, 3.05) is 11.9 Å². The Kier molecular flexibility index (Phi) is 4.37. The first-order valence-electron chi connectivity index (χ1n) is 7.81. The van der Waals surface area contributed by atoms with Crippen LogP contribution in [0.4, 0.5) is 10.6 Å². The van der Waals surface area contributed by atoms with Crippen molar-refractivity contribution in [2.45, 2.75) is 51.5 Å². The van der Waals surface area contributed by atoms with Gasteiger partial charge in [-0.2, -0.15) is 0 Å². The number of anilines is 1. The number of fused-ring (bicyclic) bond motifs is 1. The molecule has 1 aliphatic rings. The fourth-order valence-corrected chi connectivity index (χ4v) is 2.58. The second-order valence-corrected chi connectivity index (χ2v) is 6.65. The highest BCUT2D eigenvalue weighted by Gasteiger charge is 2.28. The lowest BCUT2D eigenvalue weighted by molar-refractivity contribution is -0.0207. The lowest BCUT2D eigenvalue weighted by Crippen LogP contribution is -2.27. The van der Waals surface area contributed by atoms with Crippen molar-refractivity contribution in [1.29, 1.82) is 0 Å². The monoisotopic (exact) mass is 335 g/mol. The number of imidazole rings is 1. The summed E-state index contributed by atoms with van der Waals surface area (Å²) in [6.07, 6.45) is 3.47. The number of aliphatic hydroxyl groups is 1. The molecule has 0 aliphatic carbocycles. The second kappa shape index (κ2) is 6.33. The fraction of sp³-hybridized carbons (Fsp3) is 0.600. The molecular formula is C15H21N5O4. The number of carbonyl (C=O) groups excluding carboxylic acids is 1. The SMILES string of the molecule is CC(C)(C)OC(=O)Nc1ncnc2c1ncn2C1CCC(CO)O1. The molecule has 9 heteroatoms. The zero-order chi connectivity index (χ0) is 17.3. The first-order valence-corrected chi connectivity index (χ1v) is 7.81. The topological polar surface area (TPSA) is 111 Å². The second-order valence-electron chi connectivity index (χ2n) is 6.65. The van der Waals surface area contributed by atoms with E-state index in [4.69, 9.17) is 9.47 Å². The van der Waals surface area contributed by atoms with E-state index >= 15 is 0 Å². The molecule has 0 saturated carbocycles. The number of aromatic nitrogens is 4. The Morgan fingerprint density at radius 1 is 1.42 bits per heavy atom.